The molecule has 0 spiro atoms. The van der Waals surface area contributed by atoms with Gasteiger partial charge in [-0.15, -0.1) is 0 Å². The van der Waals surface area contributed by atoms with E-state index in [1.165, 1.54) is 0 Å². The summed E-state index contributed by atoms with van der Waals surface area (Å²) in [5.41, 5.74) is 6.32. The van der Waals surface area contributed by atoms with Crippen LogP contribution in [-0.4, -0.2) is 10.2 Å². The minimum atomic E-state index is 0.238. The quantitative estimate of drug-likeness (QED) is 0.429. The second kappa shape index (κ2) is 7.85. The number of phenolic OH excluding ortho intramolecular Hbond substituents is 2. The fourth-order valence-corrected chi connectivity index (χ4v) is 3.38. The van der Waals surface area contributed by atoms with Crippen LogP contribution in [0.5, 0.6) is 11.5 Å². The van der Waals surface area contributed by atoms with Crippen LogP contribution in [-0.2, 0) is 0 Å². The van der Waals surface area contributed by atoms with Gasteiger partial charge in [0.2, 0.25) is 0 Å². The highest BCUT2D eigenvalue weighted by Gasteiger charge is 2.16. The molecule has 0 radical (unpaired) electrons. The standard InChI is InChI=1S/C26H20O2/c27-23-15-11-21(12-16-23)25(19-7-3-1-4-8-19)26(20-9-5-2-6-10-20)22-13-17-24(28)18-14-22/h1-18,27-28H/b26-25+. The molecule has 0 saturated heterocycles. The Bertz CT molecular complexity index is 988. The fourth-order valence-electron chi connectivity index (χ4n) is 3.38. The van der Waals surface area contributed by atoms with Crippen LogP contribution in [0.4, 0.5) is 0 Å². The van der Waals surface area contributed by atoms with Crippen LogP contribution < -0.4 is 0 Å². The lowest BCUT2D eigenvalue weighted by molar-refractivity contribution is 0.474. The van der Waals surface area contributed by atoms with Crippen molar-refractivity contribution in [2.24, 2.45) is 0 Å². The van der Waals surface area contributed by atoms with E-state index >= 15 is 0 Å². The van der Waals surface area contributed by atoms with Crippen LogP contribution in [0.15, 0.2) is 109 Å². The average Bonchev–Trinajstić information content (AvgIpc) is 2.75. The smallest absolute Gasteiger partial charge is 0.115 e. The van der Waals surface area contributed by atoms with Crippen molar-refractivity contribution >= 4 is 11.1 Å². The fraction of sp³-hybridized carbons (Fsp3) is 0. The number of benzene rings is 4. The van der Waals surface area contributed by atoms with Gasteiger partial charge in [0.1, 0.15) is 11.5 Å². The molecule has 0 saturated carbocycles. The second-order valence-electron chi connectivity index (χ2n) is 6.58. The van der Waals surface area contributed by atoms with Crippen LogP contribution in [0, 0.1) is 0 Å². The molecule has 136 valence electrons. The molecule has 28 heavy (non-hydrogen) atoms. The predicted molar refractivity (Wildman–Crippen MR) is 114 cm³/mol. The molecular formula is C26H20O2. The van der Waals surface area contributed by atoms with Crippen LogP contribution in [0.3, 0.4) is 0 Å². The van der Waals surface area contributed by atoms with Gasteiger partial charge in [0.15, 0.2) is 0 Å². The molecule has 0 atom stereocenters. The molecule has 0 bridgehead atoms. The SMILES string of the molecule is Oc1ccc(/C(=C(\c2ccccc2)c2ccc(O)cc2)c2ccccc2)cc1. The van der Waals surface area contributed by atoms with Gasteiger partial charge in [0, 0.05) is 0 Å². The summed E-state index contributed by atoms with van der Waals surface area (Å²) in [5, 5.41) is 19.5. The minimum absolute atomic E-state index is 0.238. The Kier molecular flexibility index (Phi) is 4.94. The summed E-state index contributed by atoms with van der Waals surface area (Å²) in [6.45, 7) is 0. The van der Waals surface area contributed by atoms with Crippen molar-refractivity contribution in [1.29, 1.82) is 0 Å². The van der Waals surface area contributed by atoms with Gasteiger partial charge in [-0.05, 0) is 57.7 Å². The molecule has 2 nitrogen and oxygen atoms in total. The molecule has 4 aromatic carbocycles. The maximum absolute atomic E-state index is 9.77. The predicted octanol–water partition coefficient (Wildman–Crippen LogP) is 6.11. The van der Waals surface area contributed by atoms with Crippen molar-refractivity contribution in [2.45, 2.75) is 0 Å². The van der Waals surface area contributed by atoms with E-state index in [9.17, 15) is 10.2 Å². The van der Waals surface area contributed by atoms with Crippen molar-refractivity contribution < 1.29 is 10.2 Å². The molecule has 0 aliphatic carbocycles. The van der Waals surface area contributed by atoms with Gasteiger partial charge in [0.25, 0.3) is 0 Å². The lowest BCUT2D eigenvalue weighted by atomic mass is 9.86. The van der Waals surface area contributed by atoms with E-state index in [0.29, 0.717) is 0 Å². The molecular weight excluding hydrogens is 344 g/mol. The highest BCUT2D eigenvalue weighted by Crippen LogP contribution is 2.37. The highest BCUT2D eigenvalue weighted by atomic mass is 16.3. The Hall–Kier alpha value is -3.78. The Morgan fingerprint density at radius 3 is 0.964 bits per heavy atom. The van der Waals surface area contributed by atoms with E-state index in [2.05, 4.69) is 24.3 Å². The molecule has 0 heterocycles. The largest absolute Gasteiger partial charge is 0.508 e. The molecule has 0 aliphatic heterocycles. The molecule has 2 N–H and O–H groups in total. The first-order valence-electron chi connectivity index (χ1n) is 9.16. The van der Waals surface area contributed by atoms with E-state index in [1.54, 1.807) is 24.3 Å². The van der Waals surface area contributed by atoms with Gasteiger partial charge in [-0.25, -0.2) is 0 Å². The maximum Gasteiger partial charge on any atom is 0.115 e. The molecule has 0 aliphatic rings. The van der Waals surface area contributed by atoms with Crippen molar-refractivity contribution in [2.75, 3.05) is 0 Å². The number of phenols is 2. The summed E-state index contributed by atoms with van der Waals surface area (Å²) < 4.78 is 0. The maximum atomic E-state index is 9.77. The molecule has 2 heteroatoms. The monoisotopic (exact) mass is 364 g/mol. The van der Waals surface area contributed by atoms with Crippen LogP contribution in [0.2, 0.25) is 0 Å². The second-order valence-corrected chi connectivity index (χ2v) is 6.58. The average molecular weight is 364 g/mol. The molecule has 4 aromatic rings. The lowest BCUT2D eigenvalue weighted by Crippen LogP contribution is -1.97. The third-order valence-corrected chi connectivity index (χ3v) is 4.69. The number of rotatable bonds is 4. The van der Waals surface area contributed by atoms with E-state index in [4.69, 9.17) is 0 Å². The summed E-state index contributed by atoms with van der Waals surface area (Å²) in [6, 6.07) is 35.0. The Morgan fingerprint density at radius 2 is 0.643 bits per heavy atom. The van der Waals surface area contributed by atoms with E-state index < -0.39 is 0 Å². The Morgan fingerprint density at radius 1 is 0.357 bits per heavy atom. The van der Waals surface area contributed by atoms with Crippen molar-refractivity contribution in [1.82, 2.24) is 0 Å². The van der Waals surface area contributed by atoms with Gasteiger partial charge < -0.3 is 10.2 Å². The number of aromatic hydroxyl groups is 2. The summed E-state index contributed by atoms with van der Waals surface area (Å²) in [7, 11) is 0. The number of hydrogen-bond donors (Lipinski definition) is 2. The normalized spacial score (nSPS) is 11.7. The first-order chi connectivity index (χ1) is 13.7. The van der Waals surface area contributed by atoms with Crippen LogP contribution in [0.25, 0.3) is 11.1 Å². The Labute approximate surface area is 164 Å². The lowest BCUT2D eigenvalue weighted by Gasteiger charge is -2.18. The van der Waals surface area contributed by atoms with Crippen molar-refractivity contribution in [3.63, 3.8) is 0 Å². The summed E-state index contributed by atoms with van der Waals surface area (Å²) in [6.07, 6.45) is 0. The summed E-state index contributed by atoms with van der Waals surface area (Å²) in [5.74, 6) is 0.476. The highest BCUT2D eigenvalue weighted by molar-refractivity contribution is 6.04. The van der Waals surface area contributed by atoms with Crippen molar-refractivity contribution in [3.8, 4) is 11.5 Å². The molecule has 0 amide bonds. The topological polar surface area (TPSA) is 40.5 Å². The Balaban J connectivity index is 2.08. The number of hydrogen-bond acceptors (Lipinski definition) is 2. The summed E-state index contributed by atoms with van der Waals surface area (Å²) in [4.78, 5) is 0. The van der Waals surface area contributed by atoms with Gasteiger partial charge in [-0.3, -0.25) is 0 Å². The first kappa shape index (κ1) is 17.6. The van der Waals surface area contributed by atoms with E-state index in [1.807, 2.05) is 60.7 Å². The van der Waals surface area contributed by atoms with Crippen LogP contribution in [0.1, 0.15) is 22.3 Å². The zero-order valence-corrected chi connectivity index (χ0v) is 15.3. The third-order valence-electron chi connectivity index (χ3n) is 4.69. The van der Waals surface area contributed by atoms with Gasteiger partial charge >= 0.3 is 0 Å². The minimum Gasteiger partial charge on any atom is -0.508 e. The van der Waals surface area contributed by atoms with Gasteiger partial charge in [-0.2, -0.15) is 0 Å². The molecule has 4 rings (SSSR count). The van der Waals surface area contributed by atoms with Crippen molar-refractivity contribution in [3.05, 3.63) is 131 Å². The van der Waals surface area contributed by atoms with E-state index in [0.717, 1.165) is 33.4 Å². The molecule has 0 aromatic heterocycles. The van der Waals surface area contributed by atoms with Crippen LogP contribution >= 0.6 is 0 Å². The zero-order chi connectivity index (χ0) is 19.3. The van der Waals surface area contributed by atoms with Gasteiger partial charge in [-0.1, -0.05) is 84.9 Å². The van der Waals surface area contributed by atoms with Gasteiger partial charge in [0.05, 0.1) is 0 Å². The summed E-state index contributed by atoms with van der Waals surface area (Å²) >= 11 is 0. The first-order valence-corrected chi connectivity index (χ1v) is 9.16. The molecule has 0 fully saturated rings. The van der Waals surface area contributed by atoms with E-state index in [-0.39, 0.29) is 11.5 Å². The molecule has 0 unspecified atom stereocenters. The zero-order valence-electron chi connectivity index (χ0n) is 15.3. The third kappa shape index (κ3) is 3.67.